The van der Waals surface area contributed by atoms with Crippen LogP contribution in [0.2, 0.25) is 0 Å². The van der Waals surface area contributed by atoms with Crippen molar-refractivity contribution in [3.63, 3.8) is 0 Å². The molecule has 2 aromatic carbocycles. The molecule has 0 aliphatic carbocycles. The van der Waals surface area contributed by atoms with E-state index in [-0.39, 0.29) is 17.2 Å². The van der Waals surface area contributed by atoms with E-state index in [4.69, 9.17) is 4.74 Å². The number of esters is 1. The Kier molecular flexibility index (Phi) is 5.33. The summed E-state index contributed by atoms with van der Waals surface area (Å²) in [4.78, 5) is 27.8. The van der Waals surface area contributed by atoms with E-state index >= 15 is 0 Å². The summed E-state index contributed by atoms with van der Waals surface area (Å²) in [5.41, 5.74) is 0.696. The molecular weight excluding hydrogens is 362 g/mol. The van der Waals surface area contributed by atoms with Crippen LogP contribution in [-0.4, -0.2) is 23.5 Å². The van der Waals surface area contributed by atoms with Crippen molar-refractivity contribution in [2.24, 2.45) is 0 Å². The van der Waals surface area contributed by atoms with Gasteiger partial charge < -0.3 is 10.1 Å². The van der Waals surface area contributed by atoms with Crippen molar-refractivity contribution in [3.05, 3.63) is 71.2 Å². The summed E-state index contributed by atoms with van der Waals surface area (Å²) < 4.78 is 31.3. The zero-order valence-corrected chi connectivity index (χ0v) is 14.1. The van der Waals surface area contributed by atoms with Crippen molar-refractivity contribution in [1.29, 1.82) is 0 Å². The highest BCUT2D eigenvalue weighted by Crippen LogP contribution is 2.24. The molecule has 0 atom stereocenters. The predicted octanol–water partition coefficient (Wildman–Crippen LogP) is 3.88. The second kappa shape index (κ2) is 7.83. The van der Waals surface area contributed by atoms with Crippen LogP contribution in [0.25, 0.3) is 10.6 Å². The van der Waals surface area contributed by atoms with Gasteiger partial charge in [0.25, 0.3) is 5.91 Å². The van der Waals surface area contributed by atoms with Crippen LogP contribution in [0, 0.1) is 11.6 Å². The standard InChI is InChI=1S/C18H12F2N2O3S/c19-12-7-5-11(6-8-12)17-22-15(10-26-17)18(24)25-9-16(23)21-14-4-2-1-3-13(14)20/h1-8,10H,9H2,(H,21,23). The summed E-state index contributed by atoms with van der Waals surface area (Å²) in [6, 6.07) is 11.3. The number of rotatable bonds is 5. The fraction of sp³-hybridized carbons (Fsp3) is 0.0556. The van der Waals surface area contributed by atoms with Crippen LogP contribution in [0.3, 0.4) is 0 Å². The minimum atomic E-state index is -0.779. The van der Waals surface area contributed by atoms with Crippen molar-refractivity contribution >= 4 is 28.9 Å². The highest BCUT2D eigenvalue weighted by Gasteiger charge is 2.15. The molecule has 26 heavy (non-hydrogen) atoms. The van der Waals surface area contributed by atoms with E-state index < -0.39 is 24.3 Å². The molecule has 0 bridgehead atoms. The summed E-state index contributed by atoms with van der Waals surface area (Å²) in [7, 11) is 0. The third-order valence-corrected chi connectivity index (χ3v) is 4.18. The predicted molar refractivity (Wildman–Crippen MR) is 92.8 cm³/mol. The number of hydrogen-bond donors (Lipinski definition) is 1. The Hall–Kier alpha value is -3.13. The first-order chi connectivity index (χ1) is 12.5. The molecule has 0 spiro atoms. The average molecular weight is 374 g/mol. The van der Waals surface area contributed by atoms with Gasteiger partial charge in [0.05, 0.1) is 5.69 Å². The van der Waals surface area contributed by atoms with Gasteiger partial charge >= 0.3 is 5.97 Å². The zero-order valence-electron chi connectivity index (χ0n) is 13.2. The molecule has 0 radical (unpaired) electrons. The molecule has 3 rings (SSSR count). The molecule has 0 aliphatic rings. The number of hydrogen-bond acceptors (Lipinski definition) is 5. The number of benzene rings is 2. The number of nitrogens with zero attached hydrogens (tertiary/aromatic N) is 1. The van der Waals surface area contributed by atoms with Crippen molar-refractivity contribution in [3.8, 4) is 10.6 Å². The number of para-hydroxylation sites is 1. The fourth-order valence-corrected chi connectivity index (χ4v) is 2.84. The van der Waals surface area contributed by atoms with Crippen molar-refractivity contribution in [2.45, 2.75) is 0 Å². The maximum Gasteiger partial charge on any atom is 0.358 e. The summed E-state index contributed by atoms with van der Waals surface area (Å²) in [5, 5.41) is 4.31. The number of thiazole rings is 1. The smallest absolute Gasteiger partial charge is 0.358 e. The molecule has 0 saturated carbocycles. The molecule has 1 N–H and O–H groups in total. The van der Waals surface area contributed by atoms with E-state index in [0.717, 1.165) is 0 Å². The van der Waals surface area contributed by atoms with Gasteiger partial charge in [-0.3, -0.25) is 4.79 Å². The molecular formula is C18H12F2N2O3S. The largest absolute Gasteiger partial charge is 0.451 e. The molecule has 132 valence electrons. The van der Waals surface area contributed by atoms with E-state index in [1.165, 1.54) is 47.0 Å². The number of ether oxygens (including phenoxy) is 1. The van der Waals surface area contributed by atoms with Gasteiger partial charge in [-0.2, -0.15) is 0 Å². The molecule has 0 unspecified atom stereocenters. The number of anilines is 1. The number of aromatic nitrogens is 1. The van der Waals surface area contributed by atoms with E-state index in [9.17, 15) is 18.4 Å². The van der Waals surface area contributed by atoms with Gasteiger partial charge in [0.1, 0.15) is 16.6 Å². The minimum absolute atomic E-state index is 0.000744. The molecule has 0 aliphatic heterocycles. The van der Waals surface area contributed by atoms with Gasteiger partial charge in [-0.25, -0.2) is 18.6 Å². The SMILES string of the molecule is O=C(COC(=O)c1csc(-c2ccc(F)cc2)n1)Nc1ccccc1F. The lowest BCUT2D eigenvalue weighted by atomic mass is 10.2. The normalized spacial score (nSPS) is 10.4. The highest BCUT2D eigenvalue weighted by molar-refractivity contribution is 7.13. The molecule has 8 heteroatoms. The van der Waals surface area contributed by atoms with Gasteiger partial charge in [0.2, 0.25) is 0 Å². The van der Waals surface area contributed by atoms with E-state index in [1.54, 1.807) is 18.2 Å². The van der Waals surface area contributed by atoms with Gasteiger partial charge in [-0.15, -0.1) is 11.3 Å². The first-order valence-corrected chi connectivity index (χ1v) is 8.34. The monoisotopic (exact) mass is 374 g/mol. The second-order valence-electron chi connectivity index (χ2n) is 5.15. The van der Waals surface area contributed by atoms with Crippen molar-refractivity contribution < 1.29 is 23.1 Å². The minimum Gasteiger partial charge on any atom is -0.451 e. The Morgan fingerprint density at radius 2 is 1.81 bits per heavy atom. The molecule has 0 saturated heterocycles. The number of halogens is 2. The van der Waals surface area contributed by atoms with Gasteiger partial charge in [0, 0.05) is 10.9 Å². The third kappa shape index (κ3) is 4.28. The lowest BCUT2D eigenvalue weighted by molar-refractivity contribution is -0.119. The van der Waals surface area contributed by atoms with E-state index in [0.29, 0.717) is 10.6 Å². The summed E-state index contributed by atoms with van der Waals surface area (Å²) in [5.74, 6) is -2.41. The Labute approximate surface area is 151 Å². The quantitative estimate of drug-likeness (QED) is 0.688. The van der Waals surface area contributed by atoms with Crippen LogP contribution in [0.5, 0.6) is 0 Å². The van der Waals surface area contributed by atoms with Crippen LogP contribution >= 0.6 is 11.3 Å². The molecule has 0 fully saturated rings. The molecule has 1 heterocycles. The summed E-state index contributed by atoms with van der Waals surface area (Å²) in [6.45, 7) is -0.573. The molecule has 1 aromatic heterocycles. The van der Waals surface area contributed by atoms with Crippen LogP contribution in [0.15, 0.2) is 53.9 Å². The molecule has 5 nitrogen and oxygen atoms in total. The maximum atomic E-state index is 13.4. The van der Waals surface area contributed by atoms with Crippen LogP contribution in [-0.2, 0) is 9.53 Å². The number of nitrogens with one attached hydrogen (secondary N) is 1. The van der Waals surface area contributed by atoms with Crippen molar-refractivity contribution in [2.75, 3.05) is 11.9 Å². The number of carbonyl (C=O) groups is 2. The Morgan fingerprint density at radius 1 is 1.08 bits per heavy atom. The van der Waals surface area contributed by atoms with Gasteiger partial charge in [-0.1, -0.05) is 12.1 Å². The topological polar surface area (TPSA) is 68.3 Å². The number of amides is 1. The lowest BCUT2D eigenvalue weighted by Crippen LogP contribution is -2.21. The van der Waals surface area contributed by atoms with E-state index in [2.05, 4.69) is 10.3 Å². The lowest BCUT2D eigenvalue weighted by Gasteiger charge is -2.06. The fourth-order valence-electron chi connectivity index (χ4n) is 2.05. The second-order valence-corrected chi connectivity index (χ2v) is 6.01. The van der Waals surface area contributed by atoms with Crippen LogP contribution < -0.4 is 5.32 Å². The van der Waals surface area contributed by atoms with Crippen LogP contribution in [0.1, 0.15) is 10.5 Å². The Morgan fingerprint density at radius 3 is 2.54 bits per heavy atom. The average Bonchev–Trinajstić information content (AvgIpc) is 3.12. The Balaban J connectivity index is 1.58. The zero-order chi connectivity index (χ0) is 18.5. The molecule has 1 amide bonds. The number of carbonyl (C=O) groups excluding carboxylic acids is 2. The van der Waals surface area contributed by atoms with Crippen LogP contribution in [0.4, 0.5) is 14.5 Å². The Bertz CT molecular complexity index is 942. The van der Waals surface area contributed by atoms with Gasteiger partial charge in [0.15, 0.2) is 12.3 Å². The highest BCUT2D eigenvalue weighted by atomic mass is 32.1. The van der Waals surface area contributed by atoms with Crippen molar-refractivity contribution in [1.82, 2.24) is 4.98 Å². The third-order valence-electron chi connectivity index (χ3n) is 3.29. The first kappa shape index (κ1) is 17.7. The summed E-state index contributed by atoms with van der Waals surface area (Å²) >= 11 is 1.19. The van der Waals surface area contributed by atoms with Gasteiger partial charge in [-0.05, 0) is 36.4 Å². The molecule has 3 aromatic rings. The summed E-state index contributed by atoms with van der Waals surface area (Å²) in [6.07, 6.45) is 0. The maximum absolute atomic E-state index is 13.4. The first-order valence-electron chi connectivity index (χ1n) is 7.46. The van der Waals surface area contributed by atoms with E-state index in [1.807, 2.05) is 0 Å².